The molecule has 2 bridgehead atoms. The quantitative estimate of drug-likeness (QED) is 0.186. The lowest BCUT2D eigenvalue weighted by Gasteiger charge is -2.29. The molecule has 2 fully saturated rings. The molecule has 2 heteroatoms. The minimum absolute atomic E-state index is 0.0632. The molecule has 0 aliphatic heterocycles. The van der Waals surface area contributed by atoms with Crippen LogP contribution in [0.2, 0.25) is 0 Å². The van der Waals surface area contributed by atoms with Crippen LogP contribution in [0.15, 0.2) is 140 Å². The van der Waals surface area contributed by atoms with Crippen molar-refractivity contribution in [3.05, 3.63) is 156 Å². The highest BCUT2D eigenvalue weighted by Crippen LogP contribution is 2.54. The van der Waals surface area contributed by atoms with Gasteiger partial charge in [0.05, 0.1) is 11.0 Å². The van der Waals surface area contributed by atoms with E-state index in [4.69, 9.17) is 0 Å². The van der Waals surface area contributed by atoms with Crippen LogP contribution in [0.5, 0.6) is 0 Å². The normalized spacial score (nSPS) is 20.3. The Labute approximate surface area is 283 Å². The number of para-hydroxylation sites is 2. The standard InChI is InChI=1S/C46H40N2/c1-46(2)42-14-8-6-12-37(42)38-24-22-36(29-43(38)46)47(34-20-18-31(19-21-34)40-27-30-16-17-32(40)26-30)35-23-25-45-41(28-35)39-13-7-9-15-44(39)48(45)33-10-4-3-5-11-33/h3-15,18-25,28-30,32,40H,16-17,26-27H2,1-2H3. The minimum atomic E-state index is -0.0632. The SMILES string of the molecule is CC1(C)c2ccccc2-c2ccc(N(c3ccc(C4CC5CCC4C5)cc3)c3ccc4c(c3)c3ccccc3n4-c3ccccc3)cc21. The first-order chi connectivity index (χ1) is 23.5. The second-order valence-electron chi connectivity index (χ2n) is 15.0. The van der Waals surface area contributed by atoms with Crippen LogP contribution in [0, 0.1) is 11.8 Å². The summed E-state index contributed by atoms with van der Waals surface area (Å²) in [6.45, 7) is 4.75. The molecule has 1 heterocycles. The molecule has 3 aliphatic rings. The van der Waals surface area contributed by atoms with Gasteiger partial charge in [-0.15, -0.1) is 0 Å². The molecular formula is C46H40N2. The maximum atomic E-state index is 2.48. The summed E-state index contributed by atoms with van der Waals surface area (Å²) in [6, 6.07) is 52.3. The highest BCUT2D eigenvalue weighted by Gasteiger charge is 2.40. The molecule has 1 aromatic heterocycles. The zero-order valence-corrected chi connectivity index (χ0v) is 27.7. The lowest BCUT2D eigenvalue weighted by atomic mass is 9.82. The van der Waals surface area contributed by atoms with E-state index in [0.717, 1.165) is 17.8 Å². The monoisotopic (exact) mass is 620 g/mol. The topological polar surface area (TPSA) is 8.17 Å². The van der Waals surface area contributed by atoms with E-state index in [9.17, 15) is 0 Å². The number of fused-ring (bicyclic) bond motifs is 8. The van der Waals surface area contributed by atoms with E-state index < -0.39 is 0 Å². The van der Waals surface area contributed by atoms with E-state index in [0.29, 0.717) is 0 Å². The molecule has 48 heavy (non-hydrogen) atoms. The number of nitrogens with zero attached hydrogens (tertiary/aromatic N) is 2. The van der Waals surface area contributed by atoms with Crippen molar-refractivity contribution >= 4 is 38.9 Å². The summed E-state index contributed by atoms with van der Waals surface area (Å²) >= 11 is 0. The highest BCUT2D eigenvalue weighted by atomic mass is 15.1. The van der Waals surface area contributed by atoms with Crippen molar-refractivity contribution in [1.29, 1.82) is 0 Å². The molecule has 3 atom stereocenters. The van der Waals surface area contributed by atoms with E-state index in [1.807, 2.05) is 0 Å². The van der Waals surface area contributed by atoms with Gasteiger partial charge in [0.2, 0.25) is 0 Å². The van der Waals surface area contributed by atoms with Gasteiger partial charge in [0, 0.05) is 38.9 Å². The van der Waals surface area contributed by atoms with Crippen molar-refractivity contribution in [3.8, 4) is 16.8 Å². The number of hydrogen-bond donors (Lipinski definition) is 0. The average molecular weight is 621 g/mol. The Morgan fingerprint density at radius 3 is 2.06 bits per heavy atom. The van der Waals surface area contributed by atoms with Gasteiger partial charge in [-0.2, -0.15) is 0 Å². The second kappa shape index (κ2) is 10.5. The first-order valence-corrected chi connectivity index (χ1v) is 17.8. The molecule has 7 aromatic rings. The summed E-state index contributed by atoms with van der Waals surface area (Å²) in [5.41, 5.74) is 14.2. The van der Waals surface area contributed by atoms with E-state index in [2.05, 4.69) is 163 Å². The number of benzene rings is 6. The van der Waals surface area contributed by atoms with Gasteiger partial charge >= 0.3 is 0 Å². The average Bonchev–Trinajstić information content (AvgIpc) is 3.90. The summed E-state index contributed by atoms with van der Waals surface area (Å²) < 4.78 is 2.40. The first-order valence-electron chi connectivity index (χ1n) is 17.8. The Bertz CT molecular complexity index is 2340. The highest BCUT2D eigenvalue weighted by molar-refractivity contribution is 6.10. The Morgan fingerprint density at radius 1 is 0.562 bits per heavy atom. The molecular weight excluding hydrogens is 581 g/mol. The fourth-order valence-corrected chi connectivity index (χ4v) is 9.76. The van der Waals surface area contributed by atoms with Crippen molar-refractivity contribution in [2.24, 2.45) is 11.8 Å². The molecule has 10 rings (SSSR count). The Kier molecular flexibility index (Phi) is 6.10. The minimum Gasteiger partial charge on any atom is -0.310 e. The van der Waals surface area contributed by atoms with Crippen molar-refractivity contribution < 1.29 is 0 Å². The first kappa shape index (κ1) is 28.0. The van der Waals surface area contributed by atoms with Crippen LogP contribution in [-0.2, 0) is 5.41 Å². The summed E-state index contributed by atoms with van der Waals surface area (Å²) in [7, 11) is 0. The Balaban J connectivity index is 1.15. The summed E-state index contributed by atoms with van der Waals surface area (Å²) in [6.07, 6.45) is 5.65. The maximum absolute atomic E-state index is 2.48. The van der Waals surface area contributed by atoms with Crippen molar-refractivity contribution in [1.82, 2.24) is 4.57 Å². The second-order valence-corrected chi connectivity index (χ2v) is 15.0. The van der Waals surface area contributed by atoms with Crippen LogP contribution in [0.4, 0.5) is 17.1 Å². The predicted molar refractivity (Wildman–Crippen MR) is 201 cm³/mol. The third-order valence-electron chi connectivity index (χ3n) is 12.1. The molecule has 2 saturated carbocycles. The van der Waals surface area contributed by atoms with Crippen LogP contribution < -0.4 is 4.90 Å². The zero-order valence-electron chi connectivity index (χ0n) is 27.7. The van der Waals surface area contributed by atoms with Crippen LogP contribution in [0.1, 0.15) is 62.1 Å². The van der Waals surface area contributed by atoms with E-state index in [-0.39, 0.29) is 5.41 Å². The third kappa shape index (κ3) is 4.11. The lowest BCUT2D eigenvalue weighted by Crippen LogP contribution is -2.16. The summed E-state index contributed by atoms with van der Waals surface area (Å²) in [5.74, 6) is 2.55. The molecule has 0 amide bonds. The number of aromatic nitrogens is 1. The summed E-state index contributed by atoms with van der Waals surface area (Å²) in [5, 5.41) is 2.54. The van der Waals surface area contributed by atoms with Gasteiger partial charge in [0.25, 0.3) is 0 Å². The van der Waals surface area contributed by atoms with Gasteiger partial charge < -0.3 is 9.47 Å². The molecule has 2 nitrogen and oxygen atoms in total. The van der Waals surface area contributed by atoms with E-state index in [1.54, 1.807) is 0 Å². The summed E-state index contributed by atoms with van der Waals surface area (Å²) in [4.78, 5) is 2.48. The fraction of sp³-hybridized carbons (Fsp3) is 0.217. The Morgan fingerprint density at radius 2 is 1.25 bits per heavy atom. The van der Waals surface area contributed by atoms with Gasteiger partial charge in [-0.25, -0.2) is 0 Å². The van der Waals surface area contributed by atoms with Gasteiger partial charge in [0.1, 0.15) is 0 Å². The van der Waals surface area contributed by atoms with Gasteiger partial charge in [0.15, 0.2) is 0 Å². The molecule has 0 N–H and O–H groups in total. The zero-order chi connectivity index (χ0) is 32.0. The van der Waals surface area contributed by atoms with Crippen LogP contribution in [0.3, 0.4) is 0 Å². The van der Waals surface area contributed by atoms with Crippen LogP contribution >= 0.6 is 0 Å². The van der Waals surface area contributed by atoms with Gasteiger partial charge in [-0.3, -0.25) is 0 Å². The molecule has 0 saturated heterocycles. The maximum Gasteiger partial charge on any atom is 0.0542 e. The smallest absolute Gasteiger partial charge is 0.0542 e. The van der Waals surface area contributed by atoms with Crippen LogP contribution in [-0.4, -0.2) is 4.57 Å². The van der Waals surface area contributed by atoms with Crippen LogP contribution in [0.25, 0.3) is 38.6 Å². The predicted octanol–water partition coefficient (Wildman–Crippen LogP) is 12.5. The van der Waals surface area contributed by atoms with Crippen molar-refractivity contribution in [2.45, 2.75) is 50.9 Å². The molecule has 0 radical (unpaired) electrons. The van der Waals surface area contributed by atoms with Crippen molar-refractivity contribution in [3.63, 3.8) is 0 Å². The lowest BCUT2D eigenvalue weighted by molar-refractivity contribution is 0.420. The molecule has 234 valence electrons. The molecule has 3 unspecified atom stereocenters. The van der Waals surface area contributed by atoms with E-state index in [1.165, 1.54) is 98.1 Å². The molecule has 0 spiro atoms. The van der Waals surface area contributed by atoms with Gasteiger partial charge in [-0.05, 0) is 125 Å². The number of rotatable bonds is 5. The van der Waals surface area contributed by atoms with E-state index >= 15 is 0 Å². The van der Waals surface area contributed by atoms with Gasteiger partial charge in [-0.1, -0.05) is 99.1 Å². The largest absolute Gasteiger partial charge is 0.310 e. The van der Waals surface area contributed by atoms with Crippen molar-refractivity contribution in [2.75, 3.05) is 4.90 Å². The molecule has 3 aliphatic carbocycles. The Hall–Kier alpha value is -5.08. The number of hydrogen-bond acceptors (Lipinski definition) is 1. The third-order valence-corrected chi connectivity index (χ3v) is 12.1. The number of anilines is 3. The molecule has 6 aromatic carbocycles. The fourth-order valence-electron chi connectivity index (χ4n) is 9.76.